The molecule has 27 heavy (non-hydrogen) atoms. The first kappa shape index (κ1) is 21.7. The number of nitrogens with one attached hydrogen (secondary N) is 1. The standard InChI is InChI=1S/C19H27N5OS.HI/c1-15(2)25-17-7-6-16(13-21-17)14-22-19(20-3)24-10-8-23(9-11-24)18-5-4-12-26-18;/h4-7,12-13,15H,8-11,14H2,1-3H3,(H,20,22);1H. The maximum absolute atomic E-state index is 5.58. The molecule has 0 saturated carbocycles. The first-order valence-corrected chi connectivity index (χ1v) is 9.89. The molecule has 8 heteroatoms. The summed E-state index contributed by atoms with van der Waals surface area (Å²) in [5, 5.41) is 6.93. The Hall–Kier alpha value is -1.55. The Morgan fingerprint density at radius 1 is 1.26 bits per heavy atom. The quantitative estimate of drug-likeness (QED) is 0.387. The van der Waals surface area contributed by atoms with Crippen molar-refractivity contribution in [3.63, 3.8) is 0 Å². The van der Waals surface area contributed by atoms with Crippen LogP contribution in [0.5, 0.6) is 5.88 Å². The van der Waals surface area contributed by atoms with Gasteiger partial charge in [0.15, 0.2) is 5.96 Å². The molecule has 0 aliphatic carbocycles. The summed E-state index contributed by atoms with van der Waals surface area (Å²) in [7, 11) is 1.84. The lowest BCUT2D eigenvalue weighted by molar-refractivity contribution is 0.232. The van der Waals surface area contributed by atoms with Gasteiger partial charge in [-0.15, -0.1) is 35.3 Å². The summed E-state index contributed by atoms with van der Waals surface area (Å²) in [6.07, 6.45) is 1.99. The third kappa shape index (κ3) is 6.24. The molecular formula is C19H28IN5OS. The molecule has 0 spiro atoms. The minimum Gasteiger partial charge on any atom is -0.475 e. The fraction of sp³-hybridized carbons (Fsp3) is 0.474. The van der Waals surface area contributed by atoms with Crippen molar-refractivity contribution in [2.24, 2.45) is 4.99 Å². The summed E-state index contributed by atoms with van der Waals surface area (Å²) in [6.45, 7) is 8.67. The van der Waals surface area contributed by atoms with Crippen LogP contribution in [0.2, 0.25) is 0 Å². The van der Waals surface area contributed by atoms with Crippen molar-refractivity contribution >= 4 is 46.3 Å². The fourth-order valence-corrected chi connectivity index (χ4v) is 3.71. The average molecular weight is 501 g/mol. The Morgan fingerprint density at radius 2 is 2.04 bits per heavy atom. The zero-order chi connectivity index (χ0) is 18.4. The molecule has 1 N–H and O–H groups in total. The monoisotopic (exact) mass is 501 g/mol. The highest BCUT2D eigenvalue weighted by atomic mass is 127. The Balaban J connectivity index is 0.00000261. The first-order chi connectivity index (χ1) is 12.7. The van der Waals surface area contributed by atoms with Crippen molar-refractivity contribution < 1.29 is 4.74 Å². The second-order valence-corrected chi connectivity index (χ2v) is 7.42. The van der Waals surface area contributed by atoms with Crippen molar-refractivity contribution in [3.05, 3.63) is 41.4 Å². The Labute approximate surface area is 182 Å². The van der Waals surface area contributed by atoms with Crippen LogP contribution in [-0.4, -0.2) is 55.2 Å². The van der Waals surface area contributed by atoms with Gasteiger partial charge in [0.1, 0.15) is 0 Å². The number of aromatic nitrogens is 1. The summed E-state index contributed by atoms with van der Waals surface area (Å²) in [6, 6.07) is 8.25. The van der Waals surface area contributed by atoms with Gasteiger partial charge >= 0.3 is 0 Å². The van der Waals surface area contributed by atoms with E-state index in [0.717, 1.165) is 37.7 Å². The molecule has 3 heterocycles. The molecule has 1 aliphatic rings. The maximum Gasteiger partial charge on any atom is 0.213 e. The van der Waals surface area contributed by atoms with Crippen LogP contribution in [0.15, 0.2) is 40.8 Å². The second kappa shape index (κ2) is 10.7. The van der Waals surface area contributed by atoms with E-state index in [-0.39, 0.29) is 30.1 Å². The van der Waals surface area contributed by atoms with Crippen LogP contribution in [0.1, 0.15) is 19.4 Å². The number of halogens is 1. The van der Waals surface area contributed by atoms with Gasteiger partial charge in [0, 0.05) is 52.0 Å². The maximum atomic E-state index is 5.58. The molecule has 1 fully saturated rings. The van der Waals surface area contributed by atoms with Crippen LogP contribution in [0.25, 0.3) is 0 Å². The van der Waals surface area contributed by atoms with Crippen LogP contribution in [0.4, 0.5) is 5.00 Å². The van der Waals surface area contributed by atoms with Gasteiger partial charge in [-0.1, -0.05) is 6.07 Å². The first-order valence-electron chi connectivity index (χ1n) is 9.01. The second-order valence-electron chi connectivity index (χ2n) is 6.50. The van der Waals surface area contributed by atoms with Crippen LogP contribution in [0, 0.1) is 0 Å². The molecule has 1 saturated heterocycles. The molecule has 3 rings (SSSR count). The molecule has 0 radical (unpaired) electrons. The molecule has 2 aromatic rings. The molecule has 0 unspecified atom stereocenters. The lowest BCUT2D eigenvalue weighted by atomic mass is 10.3. The van der Waals surface area contributed by atoms with Gasteiger partial charge in [-0.25, -0.2) is 4.98 Å². The smallest absolute Gasteiger partial charge is 0.213 e. The van der Waals surface area contributed by atoms with E-state index in [2.05, 4.69) is 42.6 Å². The number of ether oxygens (including phenoxy) is 1. The van der Waals surface area contributed by atoms with E-state index in [0.29, 0.717) is 12.4 Å². The van der Waals surface area contributed by atoms with Crippen LogP contribution >= 0.6 is 35.3 Å². The highest BCUT2D eigenvalue weighted by Gasteiger charge is 2.20. The van der Waals surface area contributed by atoms with Crippen molar-refractivity contribution in [1.82, 2.24) is 15.2 Å². The minimum absolute atomic E-state index is 0. The summed E-state index contributed by atoms with van der Waals surface area (Å²) in [5.41, 5.74) is 1.11. The molecule has 0 aromatic carbocycles. The lowest BCUT2D eigenvalue weighted by Gasteiger charge is -2.37. The molecule has 1 aliphatic heterocycles. The van der Waals surface area contributed by atoms with Crippen LogP contribution in [-0.2, 0) is 6.54 Å². The van der Waals surface area contributed by atoms with E-state index >= 15 is 0 Å². The normalized spacial score (nSPS) is 14.9. The van der Waals surface area contributed by atoms with Gasteiger partial charge in [0.05, 0.1) is 11.1 Å². The molecule has 0 bridgehead atoms. The minimum atomic E-state index is 0. The topological polar surface area (TPSA) is 53.0 Å². The highest BCUT2D eigenvalue weighted by Crippen LogP contribution is 2.22. The van der Waals surface area contributed by atoms with E-state index in [1.165, 1.54) is 5.00 Å². The molecule has 0 atom stereocenters. The van der Waals surface area contributed by atoms with E-state index < -0.39 is 0 Å². The number of thiophene rings is 1. The number of aliphatic imine (C=N–C) groups is 1. The summed E-state index contributed by atoms with van der Waals surface area (Å²) in [4.78, 5) is 13.5. The number of anilines is 1. The fourth-order valence-electron chi connectivity index (χ4n) is 2.93. The van der Waals surface area contributed by atoms with Gasteiger partial charge < -0.3 is 19.9 Å². The molecule has 148 valence electrons. The summed E-state index contributed by atoms with van der Waals surface area (Å²) in [5.74, 6) is 1.61. The lowest BCUT2D eigenvalue weighted by Crippen LogP contribution is -2.52. The zero-order valence-electron chi connectivity index (χ0n) is 16.1. The van der Waals surface area contributed by atoms with Crippen molar-refractivity contribution in [2.75, 3.05) is 38.1 Å². The van der Waals surface area contributed by atoms with Crippen LogP contribution < -0.4 is 15.0 Å². The van der Waals surface area contributed by atoms with E-state index in [4.69, 9.17) is 4.74 Å². The SMILES string of the molecule is CN=C(NCc1ccc(OC(C)C)nc1)N1CCN(c2cccs2)CC1.I. The Kier molecular flexibility index (Phi) is 8.62. The molecular weight excluding hydrogens is 473 g/mol. The summed E-state index contributed by atoms with van der Waals surface area (Å²) >= 11 is 1.80. The van der Waals surface area contributed by atoms with E-state index in [1.54, 1.807) is 11.3 Å². The molecule has 6 nitrogen and oxygen atoms in total. The average Bonchev–Trinajstić information content (AvgIpc) is 3.18. The van der Waals surface area contributed by atoms with Gasteiger partial charge in [-0.05, 0) is 36.9 Å². The third-order valence-electron chi connectivity index (χ3n) is 4.21. The zero-order valence-corrected chi connectivity index (χ0v) is 19.2. The van der Waals surface area contributed by atoms with Gasteiger partial charge in [0.2, 0.25) is 5.88 Å². The highest BCUT2D eigenvalue weighted by molar-refractivity contribution is 14.0. The van der Waals surface area contributed by atoms with Crippen molar-refractivity contribution in [2.45, 2.75) is 26.5 Å². The van der Waals surface area contributed by atoms with Gasteiger partial charge in [-0.2, -0.15) is 0 Å². The Morgan fingerprint density at radius 3 is 2.59 bits per heavy atom. The van der Waals surface area contributed by atoms with E-state index in [9.17, 15) is 0 Å². The number of piperazine rings is 1. The predicted octanol–water partition coefficient (Wildman–Crippen LogP) is 3.45. The number of hydrogen-bond donors (Lipinski definition) is 1. The summed E-state index contributed by atoms with van der Waals surface area (Å²) < 4.78 is 5.58. The molecule has 2 aromatic heterocycles. The van der Waals surface area contributed by atoms with Crippen LogP contribution in [0.3, 0.4) is 0 Å². The number of nitrogens with zero attached hydrogens (tertiary/aromatic N) is 4. The number of hydrogen-bond acceptors (Lipinski definition) is 5. The third-order valence-corrected chi connectivity index (χ3v) is 5.14. The Bertz CT molecular complexity index is 697. The number of rotatable bonds is 5. The predicted molar refractivity (Wildman–Crippen MR) is 124 cm³/mol. The number of pyridine rings is 1. The molecule has 0 amide bonds. The van der Waals surface area contributed by atoms with Crippen molar-refractivity contribution in [1.29, 1.82) is 0 Å². The van der Waals surface area contributed by atoms with E-state index in [1.807, 2.05) is 39.2 Å². The number of guanidine groups is 1. The largest absolute Gasteiger partial charge is 0.475 e. The van der Waals surface area contributed by atoms with Gasteiger partial charge in [0.25, 0.3) is 0 Å². The van der Waals surface area contributed by atoms with Gasteiger partial charge in [-0.3, -0.25) is 4.99 Å². The van der Waals surface area contributed by atoms with Crippen molar-refractivity contribution in [3.8, 4) is 5.88 Å².